The van der Waals surface area contributed by atoms with Gasteiger partial charge in [0, 0.05) is 5.56 Å². The van der Waals surface area contributed by atoms with E-state index in [9.17, 15) is 14.9 Å². The molecule has 2 heterocycles. The number of aromatic amines is 1. The number of H-pyrrole nitrogens is 1. The predicted molar refractivity (Wildman–Crippen MR) is 99.0 cm³/mol. The Balaban J connectivity index is 1.78. The van der Waals surface area contributed by atoms with Crippen LogP contribution in [0.5, 0.6) is 0 Å². The maximum absolute atomic E-state index is 12.2. The van der Waals surface area contributed by atoms with Crippen LogP contribution in [-0.4, -0.2) is 31.8 Å². The summed E-state index contributed by atoms with van der Waals surface area (Å²) in [6, 6.07) is 10.8. The van der Waals surface area contributed by atoms with Crippen molar-refractivity contribution in [2.75, 3.05) is 11.1 Å². The second-order valence-corrected chi connectivity index (χ2v) is 7.18. The molecule has 3 rings (SSSR count). The molecule has 0 aliphatic carbocycles. The summed E-state index contributed by atoms with van der Waals surface area (Å²) in [5.74, 6) is -0.263. The lowest BCUT2D eigenvalue weighted by Gasteiger charge is -2.06. The van der Waals surface area contributed by atoms with Crippen LogP contribution in [0.3, 0.4) is 0 Å². The lowest BCUT2D eigenvalue weighted by atomic mass is 10.1. The molecule has 130 valence electrons. The number of nitrogens with one attached hydrogen (secondary N) is 2. The number of aromatic nitrogens is 4. The normalized spacial score (nSPS) is 10.3. The Kier molecular flexibility index (Phi) is 5.40. The SMILES string of the molecule is Cc1nnc(NC(=O)CSc2nc(-c3ccccc3)c(C#N)c(=O)[nH]2)s1. The highest BCUT2D eigenvalue weighted by atomic mass is 32.2. The fourth-order valence-corrected chi connectivity index (χ4v) is 3.33. The van der Waals surface area contributed by atoms with Crippen LogP contribution in [0.1, 0.15) is 10.6 Å². The van der Waals surface area contributed by atoms with Gasteiger partial charge in [0.05, 0.1) is 11.4 Å². The van der Waals surface area contributed by atoms with Crippen molar-refractivity contribution in [3.8, 4) is 17.3 Å². The molecule has 0 atom stereocenters. The third-order valence-electron chi connectivity index (χ3n) is 3.17. The van der Waals surface area contributed by atoms with Crippen molar-refractivity contribution in [3.63, 3.8) is 0 Å². The van der Waals surface area contributed by atoms with Gasteiger partial charge in [0.1, 0.15) is 16.6 Å². The molecule has 0 radical (unpaired) electrons. The molecule has 3 aromatic rings. The zero-order valence-corrected chi connectivity index (χ0v) is 15.1. The lowest BCUT2D eigenvalue weighted by molar-refractivity contribution is -0.113. The number of rotatable bonds is 5. The van der Waals surface area contributed by atoms with E-state index in [-0.39, 0.29) is 22.4 Å². The summed E-state index contributed by atoms with van der Waals surface area (Å²) < 4.78 is 0. The maximum Gasteiger partial charge on any atom is 0.270 e. The third-order valence-corrected chi connectivity index (χ3v) is 4.80. The Morgan fingerprint density at radius 1 is 1.35 bits per heavy atom. The molecule has 1 aromatic carbocycles. The first-order valence-corrected chi connectivity index (χ1v) is 9.19. The molecule has 10 heteroatoms. The summed E-state index contributed by atoms with van der Waals surface area (Å²) in [7, 11) is 0. The molecular weight excluding hydrogens is 372 g/mol. The van der Waals surface area contributed by atoms with Crippen molar-refractivity contribution in [1.29, 1.82) is 5.26 Å². The molecule has 0 saturated carbocycles. The number of thioether (sulfide) groups is 1. The monoisotopic (exact) mass is 384 g/mol. The molecule has 0 aliphatic rings. The van der Waals surface area contributed by atoms with Gasteiger partial charge in [-0.3, -0.25) is 14.9 Å². The summed E-state index contributed by atoms with van der Waals surface area (Å²) >= 11 is 2.34. The highest BCUT2D eigenvalue weighted by Crippen LogP contribution is 2.22. The summed E-state index contributed by atoms with van der Waals surface area (Å²) in [4.78, 5) is 31.0. The van der Waals surface area contributed by atoms with Crippen molar-refractivity contribution in [3.05, 3.63) is 51.3 Å². The van der Waals surface area contributed by atoms with Gasteiger partial charge in [0.2, 0.25) is 11.0 Å². The number of aryl methyl sites for hydroxylation is 1. The van der Waals surface area contributed by atoms with Crippen LogP contribution in [0.15, 0.2) is 40.3 Å². The van der Waals surface area contributed by atoms with Crippen LogP contribution < -0.4 is 10.9 Å². The molecule has 0 bridgehead atoms. The molecule has 0 saturated heterocycles. The number of anilines is 1. The summed E-state index contributed by atoms with van der Waals surface area (Å²) in [6.45, 7) is 1.79. The fraction of sp³-hybridized carbons (Fsp3) is 0.125. The molecule has 0 unspecified atom stereocenters. The van der Waals surface area contributed by atoms with E-state index in [4.69, 9.17) is 0 Å². The number of amides is 1. The zero-order chi connectivity index (χ0) is 18.5. The maximum atomic E-state index is 12.2. The van der Waals surface area contributed by atoms with Gasteiger partial charge in [-0.1, -0.05) is 53.4 Å². The lowest BCUT2D eigenvalue weighted by Crippen LogP contribution is -2.17. The average Bonchev–Trinajstić information content (AvgIpc) is 3.05. The fourth-order valence-electron chi connectivity index (χ4n) is 2.07. The molecule has 26 heavy (non-hydrogen) atoms. The minimum Gasteiger partial charge on any atom is -0.300 e. The van der Waals surface area contributed by atoms with Gasteiger partial charge in [0.25, 0.3) is 5.56 Å². The highest BCUT2D eigenvalue weighted by molar-refractivity contribution is 7.99. The van der Waals surface area contributed by atoms with E-state index in [1.807, 2.05) is 12.1 Å². The number of carbonyl (C=O) groups is 1. The van der Waals surface area contributed by atoms with Gasteiger partial charge >= 0.3 is 0 Å². The second-order valence-electron chi connectivity index (χ2n) is 5.04. The van der Waals surface area contributed by atoms with Gasteiger partial charge in [0.15, 0.2) is 5.16 Å². The molecule has 0 fully saturated rings. The minimum atomic E-state index is -0.538. The van der Waals surface area contributed by atoms with Crippen LogP contribution in [0.2, 0.25) is 0 Å². The van der Waals surface area contributed by atoms with Crippen LogP contribution in [0.4, 0.5) is 5.13 Å². The molecule has 0 spiro atoms. The Bertz CT molecular complexity index is 1040. The summed E-state index contributed by atoms with van der Waals surface area (Å²) in [6.07, 6.45) is 0. The average molecular weight is 384 g/mol. The Morgan fingerprint density at radius 2 is 2.12 bits per heavy atom. The Morgan fingerprint density at radius 3 is 2.77 bits per heavy atom. The molecular formula is C16H12N6O2S2. The van der Waals surface area contributed by atoms with E-state index >= 15 is 0 Å². The van der Waals surface area contributed by atoms with E-state index in [0.29, 0.717) is 16.4 Å². The van der Waals surface area contributed by atoms with Gasteiger partial charge in [-0.05, 0) is 6.92 Å². The number of hydrogen-bond donors (Lipinski definition) is 2. The quantitative estimate of drug-likeness (QED) is 0.510. The van der Waals surface area contributed by atoms with Gasteiger partial charge in [-0.15, -0.1) is 10.2 Å². The molecule has 2 aromatic heterocycles. The first kappa shape index (κ1) is 17.8. The van der Waals surface area contributed by atoms with E-state index < -0.39 is 5.56 Å². The molecule has 8 nitrogen and oxygen atoms in total. The number of benzene rings is 1. The van der Waals surface area contributed by atoms with E-state index in [1.165, 1.54) is 11.3 Å². The Labute approximate surface area is 156 Å². The summed E-state index contributed by atoms with van der Waals surface area (Å²) in [5.41, 5.74) is 0.351. The standard InChI is InChI=1S/C16H12N6O2S2/c1-9-21-22-16(26-9)18-12(23)8-25-15-19-13(10-5-3-2-4-6-10)11(7-17)14(24)20-15/h2-6H,8H2,1H3,(H,18,22,23)(H,19,20,24). The number of carbonyl (C=O) groups excluding carboxylic acids is 1. The van der Waals surface area contributed by atoms with Crippen LogP contribution in [0, 0.1) is 18.3 Å². The first-order chi connectivity index (χ1) is 12.6. The van der Waals surface area contributed by atoms with Crippen molar-refractivity contribution in [1.82, 2.24) is 20.2 Å². The summed E-state index contributed by atoms with van der Waals surface area (Å²) in [5, 5.41) is 20.9. The highest BCUT2D eigenvalue weighted by Gasteiger charge is 2.14. The number of nitriles is 1. The van der Waals surface area contributed by atoms with Crippen LogP contribution in [0.25, 0.3) is 11.3 Å². The molecule has 0 aliphatic heterocycles. The van der Waals surface area contributed by atoms with Crippen molar-refractivity contribution < 1.29 is 4.79 Å². The Hall–Kier alpha value is -3.03. The minimum absolute atomic E-state index is 0.0295. The van der Waals surface area contributed by atoms with Crippen molar-refractivity contribution >= 4 is 34.1 Å². The zero-order valence-electron chi connectivity index (χ0n) is 13.5. The largest absolute Gasteiger partial charge is 0.300 e. The van der Waals surface area contributed by atoms with E-state index in [0.717, 1.165) is 16.8 Å². The molecule has 2 N–H and O–H groups in total. The number of hydrogen-bond acceptors (Lipinski definition) is 8. The molecule has 1 amide bonds. The first-order valence-electron chi connectivity index (χ1n) is 7.39. The third kappa shape index (κ3) is 4.14. The van der Waals surface area contributed by atoms with Crippen LogP contribution >= 0.6 is 23.1 Å². The van der Waals surface area contributed by atoms with E-state index in [2.05, 4.69) is 25.5 Å². The van der Waals surface area contributed by atoms with Gasteiger partial charge in [-0.25, -0.2) is 4.98 Å². The predicted octanol–water partition coefficient (Wildman–Crippen LogP) is 2.20. The number of nitrogens with zero attached hydrogens (tertiary/aromatic N) is 4. The topological polar surface area (TPSA) is 124 Å². The second kappa shape index (κ2) is 7.90. The van der Waals surface area contributed by atoms with Crippen LogP contribution in [-0.2, 0) is 4.79 Å². The van der Waals surface area contributed by atoms with Gasteiger partial charge in [-0.2, -0.15) is 5.26 Å². The van der Waals surface area contributed by atoms with Gasteiger partial charge < -0.3 is 4.98 Å². The smallest absolute Gasteiger partial charge is 0.270 e. The van der Waals surface area contributed by atoms with Crippen molar-refractivity contribution in [2.24, 2.45) is 0 Å². The van der Waals surface area contributed by atoms with E-state index in [1.54, 1.807) is 31.2 Å². The van der Waals surface area contributed by atoms with Crippen molar-refractivity contribution in [2.45, 2.75) is 12.1 Å².